The van der Waals surface area contributed by atoms with E-state index in [-0.39, 0.29) is 22.8 Å². The summed E-state index contributed by atoms with van der Waals surface area (Å²) in [6.07, 6.45) is 0. The number of rotatable bonds is 5. The number of nitro benzene ring substituents is 1. The van der Waals surface area contributed by atoms with Gasteiger partial charge in [-0.15, -0.1) is 0 Å². The summed E-state index contributed by atoms with van der Waals surface area (Å²) in [6, 6.07) is 5.39. The van der Waals surface area contributed by atoms with Crippen molar-refractivity contribution in [1.29, 1.82) is 0 Å². The van der Waals surface area contributed by atoms with Crippen LogP contribution < -0.4 is 11.0 Å². The third-order valence-electron chi connectivity index (χ3n) is 2.34. The average Bonchev–Trinajstić information content (AvgIpc) is 2.76. The van der Waals surface area contributed by atoms with Gasteiger partial charge in [0.15, 0.2) is 11.5 Å². The normalized spacial score (nSPS) is 11.5. The highest BCUT2D eigenvalue weighted by molar-refractivity contribution is 7.84. The van der Waals surface area contributed by atoms with Gasteiger partial charge in [0.1, 0.15) is 6.61 Å². The van der Waals surface area contributed by atoms with Gasteiger partial charge in [-0.3, -0.25) is 10.1 Å². The Morgan fingerprint density at radius 3 is 2.57 bits per heavy atom. The Labute approximate surface area is 117 Å². The molecule has 21 heavy (non-hydrogen) atoms. The van der Waals surface area contributed by atoms with E-state index in [9.17, 15) is 23.3 Å². The first kappa shape index (κ1) is 14.9. The molecule has 2 aromatic rings. The molecule has 0 aliphatic carbocycles. The van der Waals surface area contributed by atoms with Crippen LogP contribution in [0.1, 0.15) is 5.76 Å². The molecule has 10 nitrogen and oxygen atoms in total. The fraction of sp³-hybridized carbons (Fsp3) is 0.100. The van der Waals surface area contributed by atoms with Gasteiger partial charge >= 0.3 is 16.1 Å². The van der Waals surface area contributed by atoms with Crippen molar-refractivity contribution in [2.75, 3.05) is 0 Å². The van der Waals surface area contributed by atoms with Crippen LogP contribution in [-0.2, 0) is 21.1 Å². The molecule has 0 fully saturated rings. The first-order valence-corrected chi connectivity index (χ1v) is 6.79. The minimum absolute atomic E-state index is 0.0543. The van der Waals surface area contributed by atoms with E-state index >= 15 is 0 Å². The van der Waals surface area contributed by atoms with Crippen LogP contribution in [0.5, 0.6) is 0 Å². The van der Waals surface area contributed by atoms with E-state index in [0.717, 1.165) is 0 Å². The van der Waals surface area contributed by atoms with Gasteiger partial charge in [-0.1, -0.05) is 12.1 Å². The molecule has 0 amide bonds. The molecule has 0 saturated heterocycles. The summed E-state index contributed by atoms with van der Waals surface area (Å²) in [5.74, 6) is -1.78. The number of hydrogen-bond acceptors (Lipinski definition) is 8. The molecule has 0 spiro atoms. The summed E-state index contributed by atoms with van der Waals surface area (Å²) < 4.78 is 35.1. The van der Waals surface area contributed by atoms with Crippen LogP contribution in [0.25, 0.3) is 11.3 Å². The number of nitro groups is 1. The van der Waals surface area contributed by atoms with Crippen molar-refractivity contribution in [3.05, 3.63) is 50.8 Å². The quantitative estimate of drug-likeness (QED) is 0.618. The number of nitrogens with zero attached hydrogens (tertiary/aromatic N) is 1. The minimum Gasteiger partial charge on any atom is -0.393 e. The molecule has 0 radical (unpaired) electrons. The maximum atomic E-state index is 11.2. The summed E-state index contributed by atoms with van der Waals surface area (Å²) >= 11 is 0. The standard InChI is InChI=1S/C10H8N2O8S/c11-21(16,17)18-5-8-9(20-10(13)19-8)6-3-1-2-4-7(6)12(14)15/h1-4H,5H2,(H2,11,16,17). The maximum Gasteiger partial charge on any atom is 0.519 e. The molecule has 0 aliphatic rings. The van der Waals surface area contributed by atoms with E-state index in [0.29, 0.717) is 0 Å². The molecule has 112 valence electrons. The Bertz CT molecular complexity index is 835. The van der Waals surface area contributed by atoms with Crippen molar-refractivity contribution in [1.82, 2.24) is 0 Å². The smallest absolute Gasteiger partial charge is 0.393 e. The first-order chi connectivity index (χ1) is 9.78. The van der Waals surface area contributed by atoms with Gasteiger partial charge in [-0.05, 0) is 6.07 Å². The zero-order valence-corrected chi connectivity index (χ0v) is 11.0. The van der Waals surface area contributed by atoms with Gasteiger partial charge < -0.3 is 8.83 Å². The molecule has 0 saturated carbocycles. The van der Waals surface area contributed by atoms with Crippen LogP contribution in [0.3, 0.4) is 0 Å². The number of para-hydroxylation sites is 1. The second-order valence-corrected chi connectivity index (χ2v) is 4.96. The molecule has 11 heteroatoms. The van der Waals surface area contributed by atoms with E-state index in [4.69, 9.17) is 4.42 Å². The summed E-state index contributed by atoms with van der Waals surface area (Å²) in [7, 11) is -4.28. The highest BCUT2D eigenvalue weighted by atomic mass is 32.2. The monoisotopic (exact) mass is 316 g/mol. The van der Waals surface area contributed by atoms with E-state index in [1.165, 1.54) is 24.3 Å². The van der Waals surface area contributed by atoms with E-state index < -0.39 is 27.7 Å². The largest absolute Gasteiger partial charge is 0.519 e. The van der Waals surface area contributed by atoms with Crippen LogP contribution in [0.4, 0.5) is 5.69 Å². The van der Waals surface area contributed by atoms with Crippen molar-refractivity contribution in [2.45, 2.75) is 6.61 Å². The third-order valence-corrected chi connectivity index (χ3v) is 2.79. The van der Waals surface area contributed by atoms with E-state index in [2.05, 4.69) is 13.7 Å². The molecule has 2 N–H and O–H groups in total. The van der Waals surface area contributed by atoms with Gasteiger partial charge in [0.25, 0.3) is 5.69 Å². The fourth-order valence-corrected chi connectivity index (χ4v) is 1.84. The zero-order valence-electron chi connectivity index (χ0n) is 10.2. The molecular weight excluding hydrogens is 308 g/mol. The van der Waals surface area contributed by atoms with Crippen molar-refractivity contribution in [3.63, 3.8) is 0 Å². The Morgan fingerprint density at radius 2 is 1.95 bits per heavy atom. The number of nitrogens with two attached hydrogens (primary N) is 1. The Balaban J connectivity index is 2.50. The lowest BCUT2D eigenvalue weighted by Gasteiger charge is -2.01. The molecule has 0 aliphatic heterocycles. The first-order valence-electron chi connectivity index (χ1n) is 5.31. The summed E-state index contributed by atoms with van der Waals surface area (Å²) in [4.78, 5) is 21.4. The fourth-order valence-electron chi connectivity index (χ4n) is 1.57. The molecule has 0 atom stereocenters. The Kier molecular flexibility index (Phi) is 3.88. The summed E-state index contributed by atoms with van der Waals surface area (Å²) in [5.41, 5.74) is -0.403. The van der Waals surface area contributed by atoms with Crippen molar-refractivity contribution in [2.24, 2.45) is 5.14 Å². The lowest BCUT2D eigenvalue weighted by molar-refractivity contribution is -0.384. The second-order valence-electron chi connectivity index (χ2n) is 3.74. The Morgan fingerprint density at radius 1 is 1.29 bits per heavy atom. The molecule has 1 aromatic heterocycles. The van der Waals surface area contributed by atoms with Crippen LogP contribution in [0.15, 0.2) is 37.9 Å². The van der Waals surface area contributed by atoms with Crippen LogP contribution >= 0.6 is 0 Å². The van der Waals surface area contributed by atoms with Crippen molar-refractivity contribution in [3.8, 4) is 11.3 Å². The highest BCUT2D eigenvalue weighted by Crippen LogP contribution is 2.31. The van der Waals surface area contributed by atoms with Crippen molar-refractivity contribution >= 4 is 16.0 Å². The van der Waals surface area contributed by atoms with Crippen molar-refractivity contribution < 1.29 is 26.4 Å². The van der Waals surface area contributed by atoms with Crippen LogP contribution in [0, 0.1) is 10.1 Å². The predicted octanol–water partition coefficient (Wildman–Crippen LogP) is 0.528. The summed E-state index contributed by atoms with van der Waals surface area (Å²) in [6.45, 7) is -0.730. The molecule has 0 unspecified atom stereocenters. The highest BCUT2D eigenvalue weighted by Gasteiger charge is 2.24. The molecule has 0 bridgehead atoms. The van der Waals surface area contributed by atoms with Crippen LogP contribution in [0.2, 0.25) is 0 Å². The third kappa shape index (κ3) is 3.53. The SMILES string of the molecule is NS(=O)(=O)OCc1oc(=O)oc1-c1ccccc1[N+](=O)[O-]. The minimum atomic E-state index is -4.28. The maximum absolute atomic E-state index is 11.2. The molecule has 1 aromatic carbocycles. The average molecular weight is 316 g/mol. The topological polar surface area (TPSA) is 156 Å². The van der Waals surface area contributed by atoms with E-state index in [1.807, 2.05) is 0 Å². The zero-order chi connectivity index (χ0) is 15.6. The summed E-state index contributed by atoms with van der Waals surface area (Å²) in [5, 5.41) is 15.6. The molecule has 2 rings (SSSR count). The Hall–Kier alpha value is -2.50. The molecule has 1 heterocycles. The number of hydrogen-bond donors (Lipinski definition) is 1. The second kappa shape index (κ2) is 5.47. The van der Waals surface area contributed by atoms with Gasteiger partial charge in [0.05, 0.1) is 10.5 Å². The lowest BCUT2D eigenvalue weighted by atomic mass is 10.1. The van der Waals surface area contributed by atoms with E-state index in [1.54, 1.807) is 0 Å². The van der Waals surface area contributed by atoms with Crippen LogP contribution in [-0.4, -0.2) is 13.3 Å². The van der Waals surface area contributed by atoms with Gasteiger partial charge in [0, 0.05) is 6.07 Å². The van der Waals surface area contributed by atoms with Gasteiger partial charge in [-0.2, -0.15) is 8.42 Å². The predicted molar refractivity (Wildman–Crippen MR) is 67.2 cm³/mol. The number of benzene rings is 1. The van der Waals surface area contributed by atoms with Gasteiger partial charge in [0.2, 0.25) is 0 Å². The van der Waals surface area contributed by atoms with Gasteiger partial charge in [-0.25, -0.2) is 14.1 Å². The lowest BCUT2D eigenvalue weighted by Crippen LogP contribution is -2.15. The molecular formula is C10H8N2O8S.